The standard InChI is InChI=1S/C25H24BrFN4O4S.C2HF3O2/c26-22-14-16-2-8-21-25(19(16)15-29-22,36(34,35)18-5-3-17(27)4-6-18)10-13-31(21)24(33)20-7-9-23(32)30(20)12-1-11-28;3-2(4,5)1(6)7/h3-6,14-15,20-21H,1-2,7-10,12-13H2;(H,6,7)/t20-,21?,25?;/m0./s1. The molecule has 3 heterocycles. The summed E-state index contributed by atoms with van der Waals surface area (Å²) in [5, 5.41) is 16.1. The van der Waals surface area contributed by atoms with Gasteiger partial charge in [0.2, 0.25) is 11.8 Å². The monoisotopic (exact) mass is 688 g/mol. The van der Waals surface area contributed by atoms with Crippen LogP contribution in [0.15, 0.2) is 46.0 Å². The van der Waals surface area contributed by atoms with Crippen LogP contribution in [-0.4, -0.2) is 77.4 Å². The van der Waals surface area contributed by atoms with Gasteiger partial charge in [0.25, 0.3) is 0 Å². The highest BCUT2D eigenvalue weighted by molar-refractivity contribution is 9.10. The Labute approximate surface area is 252 Å². The summed E-state index contributed by atoms with van der Waals surface area (Å²) in [5.41, 5.74) is 1.41. The third-order valence-corrected chi connectivity index (χ3v) is 10.9. The number of carboxylic acids is 1. The topological polar surface area (TPSA) is 149 Å². The summed E-state index contributed by atoms with van der Waals surface area (Å²) in [4.78, 5) is 42.5. The first-order valence-electron chi connectivity index (χ1n) is 13.1. The van der Waals surface area contributed by atoms with Crippen molar-refractivity contribution in [1.29, 1.82) is 5.26 Å². The van der Waals surface area contributed by atoms with Crippen LogP contribution in [0.1, 0.15) is 43.2 Å². The zero-order valence-electron chi connectivity index (χ0n) is 22.4. The summed E-state index contributed by atoms with van der Waals surface area (Å²) in [6.45, 7) is 0.375. The Bertz CT molecular complexity index is 1580. The predicted molar refractivity (Wildman–Crippen MR) is 144 cm³/mol. The molecule has 2 aliphatic heterocycles. The minimum Gasteiger partial charge on any atom is -0.475 e. The van der Waals surface area contributed by atoms with Crippen molar-refractivity contribution in [2.75, 3.05) is 13.1 Å². The molecular formula is C27H25BrF4N4O6S. The number of likely N-dealkylation sites (tertiary alicyclic amines) is 2. The van der Waals surface area contributed by atoms with Crippen LogP contribution in [0.5, 0.6) is 0 Å². The second kappa shape index (κ2) is 12.2. The van der Waals surface area contributed by atoms with Crippen LogP contribution in [0.2, 0.25) is 0 Å². The van der Waals surface area contributed by atoms with Gasteiger partial charge in [-0.15, -0.1) is 0 Å². The van der Waals surface area contributed by atoms with Crippen LogP contribution >= 0.6 is 15.9 Å². The van der Waals surface area contributed by atoms with E-state index >= 15 is 0 Å². The number of aryl methyl sites for hydroxylation is 1. The lowest BCUT2D eigenvalue weighted by atomic mass is 9.79. The lowest BCUT2D eigenvalue weighted by Gasteiger charge is -2.43. The van der Waals surface area contributed by atoms with Gasteiger partial charge in [-0.25, -0.2) is 22.6 Å². The molecule has 1 aliphatic carbocycles. The molecule has 2 unspecified atom stereocenters. The van der Waals surface area contributed by atoms with Crippen LogP contribution in [0, 0.1) is 17.1 Å². The molecule has 1 aromatic carbocycles. The maximum Gasteiger partial charge on any atom is 0.490 e. The summed E-state index contributed by atoms with van der Waals surface area (Å²) >= 11 is 3.37. The summed E-state index contributed by atoms with van der Waals surface area (Å²) in [5.74, 6) is -3.75. The molecular weight excluding hydrogens is 664 g/mol. The number of aliphatic carboxylic acids is 1. The Hall–Kier alpha value is -3.58. The smallest absolute Gasteiger partial charge is 0.475 e. The fourth-order valence-corrected chi connectivity index (χ4v) is 8.82. The second-order valence-electron chi connectivity index (χ2n) is 10.2. The number of pyridine rings is 1. The first-order chi connectivity index (χ1) is 20.1. The molecule has 10 nitrogen and oxygen atoms in total. The predicted octanol–water partition coefficient (Wildman–Crippen LogP) is 3.74. The van der Waals surface area contributed by atoms with Crippen molar-refractivity contribution in [3.63, 3.8) is 0 Å². The van der Waals surface area contributed by atoms with Gasteiger partial charge in [-0.1, -0.05) is 0 Å². The number of benzene rings is 1. The van der Waals surface area contributed by atoms with E-state index in [0.29, 0.717) is 29.4 Å². The van der Waals surface area contributed by atoms with Crippen LogP contribution in [0.3, 0.4) is 0 Å². The number of carbonyl (C=O) groups is 3. The van der Waals surface area contributed by atoms with Gasteiger partial charge in [-0.3, -0.25) is 9.59 Å². The van der Waals surface area contributed by atoms with Gasteiger partial charge in [0.15, 0.2) is 9.84 Å². The molecule has 3 aliphatic rings. The van der Waals surface area contributed by atoms with Crippen molar-refractivity contribution in [3.8, 4) is 6.07 Å². The lowest BCUT2D eigenvalue weighted by Crippen LogP contribution is -2.55. The molecule has 0 radical (unpaired) electrons. The van der Waals surface area contributed by atoms with Crippen LogP contribution in [0.4, 0.5) is 17.6 Å². The van der Waals surface area contributed by atoms with E-state index in [4.69, 9.17) is 15.2 Å². The highest BCUT2D eigenvalue weighted by atomic mass is 79.9. The van der Waals surface area contributed by atoms with Gasteiger partial charge in [-0.05, 0) is 83.1 Å². The minimum atomic E-state index is -5.08. The molecule has 5 rings (SSSR count). The Morgan fingerprint density at radius 1 is 1.19 bits per heavy atom. The normalized spacial score (nSPS) is 23.1. The lowest BCUT2D eigenvalue weighted by molar-refractivity contribution is -0.192. The van der Waals surface area contributed by atoms with E-state index in [0.717, 1.165) is 17.7 Å². The van der Waals surface area contributed by atoms with Crippen molar-refractivity contribution >= 4 is 43.6 Å². The van der Waals surface area contributed by atoms with Crippen molar-refractivity contribution in [1.82, 2.24) is 14.8 Å². The van der Waals surface area contributed by atoms with Gasteiger partial charge in [0, 0.05) is 25.7 Å². The summed E-state index contributed by atoms with van der Waals surface area (Å²) in [6.07, 6.45) is -1.68. The van der Waals surface area contributed by atoms with E-state index in [1.54, 1.807) is 11.1 Å². The number of rotatable bonds is 5. The van der Waals surface area contributed by atoms with E-state index < -0.39 is 44.6 Å². The largest absolute Gasteiger partial charge is 0.490 e. The number of hydrogen-bond donors (Lipinski definition) is 1. The number of sulfone groups is 1. The Morgan fingerprint density at radius 3 is 2.44 bits per heavy atom. The number of alkyl halides is 3. The number of carboxylic acid groups (broad SMARTS) is 1. The first-order valence-corrected chi connectivity index (χ1v) is 15.3. The second-order valence-corrected chi connectivity index (χ2v) is 13.2. The van der Waals surface area contributed by atoms with Gasteiger partial charge in [0.05, 0.1) is 23.4 Å². The number of halogens is 5. The van der Waals surface area contributed by atoms with Crippen molar-refractivity contribution in [3.05, 3.63) is 58.1 Å². The SMILES string of the molecule is N#CCCN1C(=O)CC[C@H]1C(=O)N1CCC2(S(=O)(=O)c3ccc(F)cc3)c3cnc(Br)cc3CCC12.O=C(O)C(F)(F)F. The molecule has 1 aromatic heterocycles. The van der Waals surface area contributed by atoms with E-state index in [1.165, 1.54) is 17.0 Å². The zero-order chi connectivity index (χ0) is 31.7. The molecule has 2 saturated heterocycles. The quantitative estimate of drug-likeness (QED) is 0.284. The Balaban J connectivity index is 0.000000541. The molecule has 16 heteroatoms. The number of aromatic nitrogens is 1. The molecule has 0 bridgehead atoms. The average Bonchev–Trinajstić information content (AvgIpc) is 3.53. The van der Waals surface area contributed by atoms with Crippen LogP contribution < -0.4 is 0 Å². The number of nitriles is 1. The Morgan fingerprint density at radius 2 is 1.84 bits per heavy atom. The molecule has 2 amide bonds. The fourth-order valence-electron chi connectivity index (χ4n) is 6.09. The maximum absolute atomic E-state index is 14.3. The number of amides is 2. The summed E-state index contributed by atoms with van der Waals surface area (Å²) in [7, 11) is -4.07. The third kappa shape index (κ3) is 5.97. The number of carbonyl (C=O) groups excluding carboxylic acids is 2. The van der Waals surface area contributed by atoms with E-state index in [1.807, 2.05) is 12.1 Å². The molecule has 2 fully saturated rings. The van der Waals surface area contributed by atoms with Gasteiger partial charge < -0.3 is 14.9 Å². The molecule has 2 aromatic rings. The number of fused-ring (bicyclic) bond motifs is 3. The molecule has 0 spiro atoms. The van der Waals surface area contributed by atoms with Crippen LogP contribution in [0.25, 0.3) is 0 Å². The van der Waals surface area contributed by atoms with Gasteiger partial charge >= 0.3 is 12.1 Å². The van der Waals surface area contributed by atoms with Crippen molar-refractivity contribution < 1.29 is 45.5 Å². The summed E-state index contributed by atoms with van der Waals surface area (Å²) in [6, 6.07) is 7.24. The molecule has 230 valence electrons. The fraction of sp³-hybridized carbons (Fsp3) is 0.444. The molecule has 1 N–H and O–H groups in total. The molecule has 43 heavy (non-hydrogen) atoms. The highest BCUT2D eigenvalue weighted by Crippen LogP contribution is 2.53. The van der Waals surface area contributed by atoms with E-state index in [9.17, 15) is 35.6 Å². The zero-order valence-corrected chi connectivity index (χ0v) is 24.8. The van der Waals surface area contributed by atoms with Crippen molar-refractivity contribution in [2.24, 2.45) is 0 Å². The minimum absolute atomic E-state index is 0.00865. The number of nitrogens with zero attached hydrogens (tertiary/aromatic N) is 4. The van der Waals surface area contributed by atoms with Crippen molar-refractivity contribution in [2.45, 2.75) is 66.4 Å². The maximum atomic E-state index is 14.3. The molecule has 0 saturated carbocycles. The van der Waals surface area contributed by atoms with Crippen LogP contribution in [-0.2, 0) is 35.4 Å². The number of hydrogen-bond acceptors (Lipinski definition) is 7. The van der Waals surface area contributed by atoms with E-state index in [2.05, 4.69) is 20.9 Å². The highest BCUT2D eigenvalue weighted by Gasteiger charge is 2.61. The third-order valence-electron chi connectivity index (χ3n) is 7.94. The molecule has 3 atom stereocenters. The first kappa shape index (κ1) is 32.3. The average molecular weight is 689 g/mol. The van der Waals surface area contributed by atoms with Gasteiger partial charge in [-0.2, -0.15) is 18.4 Å². The summed E-state index contributed by atoms with van der Waals surface area (Å²) < 4.78 is 73.1. The Kier molecular flexibility index (Phi) is 9.17. The van der Waals surface area contributed by atoms with E-state index in [-0.39, 0.29) is 49.1 Å². The van der Waals surface area contributed by atoms with Gasteiger partial charge in [0.1, 0.15) is 21.2 Å².